The highest BCUT2D eigenvalue weighted by molar-refractivity contribution is 5.82. The molecule has 0 aliphatic carbocycles. The van der Waals surface area contributed by atoms with Crippen LogP contribution in [0.2, 0.25) is 0 Å². The number of nitrogens with zero attached hydrogens (tertiary/aromatic N) is 3. The molecule has 1 aromatic heterocycles. The molecule has 17 heavy (non-hydrogen) atoms. The zero-order chi connectivity index (χ0) is 12.7. The summed E-state index contributed by atoms with van der Waals surface area (Å²) in [5.74, 6) is 0.142. The SMILES string of the molecule is COc1cc2c(cc1[N+](=O)[O-])n(C)c(=O)n2C. The molecule has 0 unspecified atom stereocenters. The highest BCUT2D eigenvalue weighted by Crippen LogP contribution is 2.31. The number of imidazole rings is 1. The third kappa shape index (κ3) is 1.47. The highest BCUT2D eigenvalue weighted by atomic mass is 16.6. The van der Waals surface area contributed by atoms with E-state index in [0.717, 1.165) is 0 Å². The fraction of sp³-hybridized carbons (Fsp3) is 0.300. The van der Waals surface area contributed by atoms with Gasteiger partial charge in [0.05, 0.1) is 23.1 Å². The Labute approximate surface area is 96.0 Å². The van der Waals surface area contributed by atoms with E-state index in [9.17, 15) is 14.9 Å². The molecule has 90 valence electrons. The molecular formula is C10H11N3O4. The van der Waals surface area contributed by atoms with Crippen LogP contribution in [-0.4, -0.2) is 21.2 Å². The maximum Gasteiger partial charge on any atom is 0.328 e. The number of fused-ring (bicyclic) bond motifs is 1. The Kier molecular flexibility index (Phi) is 2.38. The monoisotopic (exact) mass is 237 g/mol. The molecule has 7 nitrogen and oxygen atoms in total. The van der Waals surface area contributed by atoms with E-state index in [1.165, 1.54) is 28.4 Å². The minimum Gasteiger partial charge on any atom is -0.490 e. The second-order valence-electron chi connectivity index (χ2n) is 3.67. The molecule has 0 saturated heterocycles. The molecule has 0 aliphatic heterocycles. The average molecular weight is 237 g/mol. The van der Waals surface area contributed by atoms with Gasteiger partial charge in [0.2, 0.25) is 0 Å². The van der Waals surface area contributed by atoms with Gasteiger partial charge in [-0.1, -0.05) is 0 Å². The normalized spacial score (nSPS) is 10.8. The van der Waals surface area contributed by atoms with Crippen LogP contribution in [0.15, 0.2) is 16.9 Å². The lowest BCUT2D eigenvalue weighted by Gasteiger charge is -2.02. The zero-order valence-corrected chi connectivity index (χ0v) is 9.63. The molecule has 0 radical (unpaired) electrons. The number of aromatic nitrogens is 2. The summed E-state index contributed by atoms with van der Waals surface area (Å²) in [4.78, 5) is 22.0. The highest BCUT2D eigenvalue weighted by Gasteiger charge is 2.19. The first-order valence-electron chi connectivity index (χ1n) is 4.85. The number of hydrogen-bond donors (Lipinski definition) is 0. The summed E-state index contributed by atoms with van der Waals surface area (Å²) in [6.07, 6.45) is 0. The van der Waals surface area contributed by atoms with Crippen molar-refractivity contribution in [2.45, 2.75) is 0 Å². The molecule has 2 aromatic rings. The first-order valence-corrected chi connectivity index (χ1v) is 4.85. The second-order valence-corrected chi connectivity index (χ2v) is 3.67. The molecule has 7 heteroatoms. The number of benzene rings is 1. The summed E-state index contributed by atoms with van der Waals surface area (Å²) in [5, 5.41) is 10.9. The van der Waals surface area contributed by atoms with E-state index in [1.54, 1.807) is 14.1 Å². The molecule has 0 aliphatic rings. The van der Waals surface area contributed by atoms with E-state index >= 15 is 0 Å². The van der Waals surface area contributed by atoms with Crippen molar-refractivity contribution in [2.75, 3.05) is 7.11 Å². The first kappa shape index (κ1) is 11.2. The van der Waals surface area contributed by atoms with Crippen LogP contribution in [0.1, 0.15) is 0 Å². The first-order chi connectivity index (χ1) is 7.97. The van der Waals surface area contributed by atoms with Gasteiger partial charge in [-0.2, -0.15) is 0 Å². The van der Waals surface area contributed by atoms with E-state index in [0.29, 0.717) is 11.0 Å². The van der Waals surface area contributed by atoms with Crippen molar-refractivity contribution in [3.63, 3.8) is 0 Å². The summed E-state index contributed by atoms with van der Waals surface area (Å²) in [6, 6.07) is 2.84. The van der Waals surface area contributed by atoms with E-state index in [-0.39, 0.29) is 17.1 Å². The van der Waals surface area contributed by atoms with Gasteiger partial charge in [-0.15, -0.1) is 0 Å². The lowest BCUT2D eigenvalue weighted by molar-refractivity contribution is -0.385. The zero-order valence-electron chi connectivity index (χ0n) is 9.63. The molecule has 0 N–H and O–H groups in total. The van der Waals surface area contributed by atoms with Crippen molar-refractivity contribution in [2.24, 2.45) is 14.1 Å². The lowest BCUT2D eigenvalue weighted by Crippen LogP contribution is -2.19. The minimum atomic E-state index is -0.532. The third-order valence-corrected chi connectivity index (χ3v) is 2.77. The Morgan fingerprint density at radius 3 is 2.24 bits per heavy atom. The largest absolute Gasteiger partial charge is 0.490 e. The van der Waals surface area contributed by atoms with Crippen LogP contribution in [0.4, 0.5) is 5.69 Å². The predicted molar refractivity (Wildman–Crippen MR) is 61.4 cm³/mol. The van der Waals surface area contributed by atoms with E-state index in [1.807, 2.05) is 0 Å². The average Bonchev–Trinajstić information content (AvgIpc) is 2.52. The molecule has 0 amide bonds. The Morgan fingerprint density at radius 2 is 1.76 bits per heavy atom. The second kappa shape index (κ2) is 3.62. The summed E-state index contributed by atoms with van der Waals surface area (Å²) in [7, 11) is 4.53. The molecule has 0 saturated carbocycles. The van der Waals surface area contributed by atoms with Crippen LogP contribution in [0, 0.1) is 10.1 Å². The topological polar surface area (TPSA) is 79.3 Å². The number of nitro groups is 1. The standard InChI is InChI=1S/C10H11N3O4/c1-11-6-4-8(13(15)16)9(17-3)5-7(6)12(2)10(11)14/h4-5H,1-3H3. The molecule has 0 atom stereocenters. The molecule has 0 bridgehead atoms. The minimum absolute atomic E-state index is 0.142. The summed E-state index contributed by atoms with van der Waals surface area (Å²) in [5.41, 5.74) is 0.716. The van der Waals surface area contributed by atoms with Gasteiger partial charge < -0.3 is 4.74 Å². The Morgan fingerprint density at radius 1 is 1.24 bits per heavy atom. The van der Waals surface area contributed by atoms with E-state index in [4.69, 9.17) is 4.74 Å². The summed E-state index contributed by atoms with van der Waals surface area (Å²) in [6.45, 7) is 0. The lowest BCUT2D eigenvalue weighted by atomic mass is 10.2. The van der Waals surface area contributed by atoms with E-state index < -0.39 is 4.92 Å². The number of ether oxygens (including phenoxy) is 1. The van der Waals surface area contributed by atoms with Gasteiger partial charge in [0.25, 0.3) is 0 Å². The van der Waals surface area contributed by atoms with Crippen molar-refractivity contribution in [3.8, 4) is 5.75 Å². The predicted octanol–water partition coefficient (Wildman–Crippen LogP) is 0.794. The molecule has 2 rings (SSSR count). The fourth-order valence-corrected chi connectivity index (χ4v) is 1.82. The van der Waals surface area contributed by atoms with Gasteiger partial charge in [0.15, 0.2) is 5.75 Å². The van der Waals surface area contributed by atoms with Crippen molar-refractivity contribution < 1.29 is 9.66 Å². The van der Waals surface area contributed by atoms with Crippen LogP contribution in [0.3, 0.4) is 0 Å². The number of aryl methyl sites for hydroxylation is 2. The van der Waals surface area contributed by atoms with Gasteiger partial charge in [-0.25, -0.2) is 4.79 Å². The fourth-order valence-electron chi connectivity index (χ4n) is 1.82. The molecule has 1 aromatic carbocycles. The Bertz CT molecular complexity index is 668. The van der Waals surface area contributed by atoms with Gasteiger partial charge in [-0.3, -0.25) is 19.2 Å². The van der Waals surface area contributed by atoms with Crippen LogP contribution < -0.4 is 10.4 Å². The van der Waals surface area contributed by atoms with Gasteiger partial charge in [0, 0.05) is 26.2 Å². The van der Waals surface area contributed by atoms with Crippen LogP contribution in [0.5, 0.6) is 5.75 Å². The van der Waals surface area contributed by atoms with Gasteiger partial charge in [-0.05, 0) is 0 Å². The number of methoxy groups -OCH3 is 1. The Balaban J connectivity index is 2.93. The maximum atomic E-state index is 11.7. The van der Waals surface area contributed by atoms with Gasteiger partial charge in [0.1, 0.15) is 0 Å². The summed E-state index contributed by atoms with van der Waals surface area (Å²) < 4.78 is 7.73. The van der Waals surface area contributed by atoms with Crippen LogP contribution in [-0.2, 0) is 14.1 Å². The number of rotatable bonds is 2. The molecule has 0 fully saturated rings. The molecule has 0 spiro atoms. The van der Waals surface area contributed by atoms with Crippen molar-refractivity contribution in [3.05, 3.63) is 32.7 Å². The smallest absolute Gasteiger partial charge is 0.328 e. The van der Waals surface area contributed by atoms with Gasteiger partial charge >= 0.3 is 11.4 Å². The maximum absolute atomic E-state index is 11.7. The third-order valence-electron chi connectivity index (χ3n) is 2.77. The summed E-state index contributed by atoms with van der Waals surface area (Å²) >= 11 is 0. The van der Waals surface area contributed by atoms with Crippen LogP contribution in [0.25, 0.3) is 11.0 Å². The molecular weight excluding hydrogens is 226 g/mol. The van der Waals surface area contributed by atoms with Crippen molar-refractivity contribution in [1.29, 1.82) is 0 Å². The molecule has 1 heterocycles. The van der Waals surface area contributed by atoms with Crippen LogP contribution >= 0.6 is 0 Å². The van der Waals surface area contributed by atoms with E-state index in [2.05, 4.69) is 0 Å². The van der Waals surface area contributed by atoms with Crippen molar-refractivity contribution >= 4 is 16.7 Å². The number of nitro benzene ring substituents is 1. The number of hydrogen-bond acceptors (Lipinski definition) is 4. The Hall–Kier alpha value is -2.31. The van der Waals surface area contributed by atoms with Crippen molar-refractivity contribution in [1.82, 2.24) is 9.13 Å². The quantitative estimate of drug-likeness (QED) is 0.571.